The second-order valence-corrected chi connectivity index (χ2v) is 7.40. The lowest BCUT2D eigenvalue weighted by molar-refractivity contribution is 0.272. The number of hydrogen-bond donors (Lipinski definition) is 0. The molecule has 0 spiro atoms. The maximum Gasteiger partial charge on any atom is 0.0951 e. The lowest BCUT2D eigenvalue weighted by atomic mass is 10.1. The molecule has 0 aliphatic carbocycles. The molecule has 0 saturated carbocycles. The van der Waals surface area contributed by atoms with Crippen LogP contribution in [0.15, 0.2) is 42.6 Å². The Balaban J connectivity index is 1.54. The minimum absolute atomic E-state index is 0.736. The largest absolute Gasteiger partial charge is 0.300 e. The highest BCUT2D eigenvalue weighted by atomic mass is 32.1. The third-order valence-corrected chi connectivity index (χ3v) is 5.77. The SMILES string of the molecule is CC1CCCN1CCc1nc2ccc(-c3ccccn3)cc2s1. The highest BCUT2D eigenvalue weighted by molar-refractivity contribution is 7.18. The van der Waals surface area contributed by atoms with Gasteiger partial charge in [-0.25, -0.2) is 4.98 Å². The third kappa shape index (κ3) is 3.14. The molecule has 4 heteroatoms. The van der Waals surface area contributed by atoms with Gasteiger partial charge >= 0.3 is 0 Å². The average Bonchev–Trinajstić information content (AvgIpc) is 3.18. The molecule has 4 rings (SSSR count). The number of pyridine rings is 1. The van der Waals surface area contributed by atoms with Crippen LogP contribution in [0.5, 0.6) is 0 Å². The zero-order chi connectivity index (χ0) is 15.6. The maximum absolute atomic E-state index is 4.80. The Morgan fingerprint density at radius 3 is 3.00 bits per heavy atom. The first-order valence-corrected chi connectivity index (χ1v) is 9.16. The van der Waals surface area contributed by atoms with Crippen molar-refractivity contribution in [2.75, 3.05) is 13.1 Å². The average molecular weight is 323 g/mol. The van der Waals surface area contributed by atoms with Crippen molar-refractivity contribution in [3.05, 3.63) is 47.6 Å². The van der Waals surface area contributed by atoms with Crippen LogP contribution in [0.2, 0.25) is 0 Å². The lowest BCUT2D eigenvalue weighted by Gasteiger charge is -2.19. The zero-order valence-electron chi connectivity index (χ0n) is 13.4. The molecular weight excluding hydrogens is 302 g/mol. The molecule has 3 nitrogen and oxygen atoms in total. The molecule has 1 aliphatic rings. The molecule has 23 heavy (non-hydrogen) atoms. The summed E-state index contributed by atoms with van der Waals surface area (Å²) in [7, 11) is 0. The number of fused-ring (bicyclic) bond motifs is 1. The van der Waals surface area contributed by atoms with Crippen LogP contribution in [0.1, 0.15) is 24.8 Å². The van der Waals surface area contributed by atoms with E-state index in [0.29, 0.717) is 0 Å². The maximum atomic E-state index is 4.80. The standard InChI is InChI=1S/C19H21N3S/c1-14-5-4-11-22(14)12-9-19-21-17-8-7-15(13-18(17)23-19)16-6-2-3-10-20-16/h2-3,6-8,10,13-14H,4-5,9,11-12H2,1H3. The highest BCUT2D eigenvalue weighted by Crippen LogP contribution is 2.28. The first kappa shape index (κ1) is 14.8. The van der Waals surface area contributed by atoms with Gasteiger partial charge in [-0.15, -0.1) is 11.3 Å². The quantitative estimate of drug-likeness (QED) is 0.713. The van der Waals surface area contributed by atoms with Crippen molar-refractivity contribution in [2.24, 2.45) is 0 Å². The van der Waals surface area contributed by atoms with Crippen LogP contribution in [-0.2, 0) is 6.42 Å². The predicted octanol–water partition coefficient (Wildman–Crippen LogP) is 4.39. The van der Waals surface area contributed by atoms with Gasteiger partial charge in [0.2, 0.25) is 0 Å². The van der Waals surface area contributed by atoms with Gasteiger partial charge < -0.3 is 4.90 Å². The molecular formula is C19H21N3S. The fourth-order valence-corrected chi connectivity index (χ4v) is 4.33. The lowest BCUT2D eigenvalue weighted by Crippen LogP contribution is -2.28. The molecule has 2 aromatic heterocycles. The van der Waals surface area contributed by atoms with Gasteiger partial charge in [-0.05, 0) is 50.6 Å². The minimum atomic E-state index is 0.736. The Hall–Kier alpha value is -1.78. The van der Waals surface area contributed by atoms with Gasteiger partial charge in [0.05, 0.1) is 20.9 Å². The number of hydrogen-bond acceptors (Lipinski definition) is 4. The molecule has 0 bridgehead atoms. The van der Waals surface area contributed by atoms with Crippen LogP contribution >= 0.6 is 11.3 Å². The van der Waals surface area contributed by atoms with Gasteiger partial charge in [0.1, 0.15) is 0 Å². The van der Waals surface area contributed by atoms with Crippen molar-refractivity contribution in [3.8, 4) is 11.3 Å². The number of aromatic nitrogens is 2. The van der Waals surface area contributed by atoms with Crippen molar-refractivity contribution < 1.29 is 0 Å². The molecule has 0 radical (unpaired) electrons. The van der Waals surface area contributed by atoms with E-state index < -0.39 is 0 Å². The van der Waals surface area contributed by atoms with Crippen LogP contribution in [0.4, 0.5) is 0 Å². The van der Waals surface area contributed by atoms with Crippen LogP contribution in [0, 0.1) is 0 Å². The molecule has 1 aliphatic heterocycles. The number of likely N-dealkylation sites (tertiary alicyclic amines) is 1. The monoisotopic (exact) mass is 323 g/mol. The number of nitrogens with zero attached hydrogens (tertiary/aromatic N) is 3. The van der Waals surface area contributed by atoms with Crippen LogP contribution < -0.4 is 0 Å². The van der Waals surface area contributed by atoms with Crippen molar-refractivity contribution in [1.82, 2.24) is 14.9 Å². The van der Waals surface area contributed by atoms with Crippen LogP contribution in [-0.4, -0.2) is 34.0 Å². The molecule has 3 aromatic rings. The van der Waals surface area contributed by atoms with Gasteiger partial charge in [-0.2, -0.15) is 0 Å². The van der Waals surface area contributed by atoms with E-state index in [9.17, 15) is 0 Å². The van der Waals surface area contributed by atoms with Gasteiger partial charge in [0.25, 0.3) is 0 Å². The molecule has 0 N–H and O–H groups in total. The van der Waals surface area contributed by atoms with Gasteiger partial charge in [-0.3, -0.25) is 4.98 Å². The summed E-state index contributed by atoms with van der Waals surface area (Å²) in [6.07, 6.45) is 5.58. The topological polar surface area (TPSA) is 29.0 Å². The van der Waals surface area contributed by atoms with Crippen molar-refractivity contribution in [1.29, 1.82) is 0 Å². The van der Waals surface area contributed by atoms with Gasteiger partial charge in [0, 0.05) is 30.8 Å². The van der Waals surface area contributed by atoms with E-state index in [2.05, 4.69) is 41.1 Å². The molecule has 1 unspecified atom stereocenters. The molecule has 1 aromatic carbocycles. The summed E-state index contributed by atoms with van der Waals surface area (Å²) in [4.78, 5) is 11.8. The zero-order valence-corrected chi connectivity index (χ0v) is 14.2. The number of thiazole rings is 1. The smallest absolute Gasteiger partial charge is 0.0951 e. The first-order chi connectivity index (χ1) is 11.3. The first-order valence-electron chi connectivity index (χ1n) is 8.34. The van der Waals surface area contributed by atoms with E-state index in [1.54, 1.807) is 0 Å². The third-order valence-electron chi connectivity index (χ3n) is 4.70. The van der Waals surface area contributed by atoms with Crippen molar-refractivity contribution in [3.63, 3.8) is 0 Å². The molecule has 0 amide bonds. The van der Waals surface area contributed by atoms with Gasteiger partial charge in [0.15, 0.2) is 0 Å². The van der Waals surface area contributed by atoms with E-state index >= 15 is 0 Å². The normalized spacial score (nSPS) is 18.7. The number of benzene rings is 1. The summed E-state index contributed by atoms with van der Waals surface area (Å²) in [5, 5.41) is 1.25. The Morgan fingerprint density at radius 2 is 2.22 bits per heavy atom. The summed E-state index contributed by atoms with van der Waals surface area (Å²) in [5.41, 5.74) is 3.30. The Bertz CT molecular complexity index is 797. The summed E-state index contributed by atoms with van der Waals surface area (Å²) < 4.78 is 1.26. The number of rotatable bonds is 4. The van der Waals surface area contributed by atoms with Gasteiger partial charge in [-0.1, -0.05) is 12.1 Å². The second-order valence-electron chi connectivity index (χ2n) is 6.28. The molecule has 1 atom stereocenters. The summed E-state index contributed by atoms with van der Waals surface area (Å²) in [5.74, 6) is 0. The second kappa shape index (κ2) is 6.38. The predicted molar refractivity (Wildman–Crippen MR) is 96.8 cm³/mol. The van der Waals surface area contributed by atoms with Crippen molar-refractivity contribution >= 4 is 21.6 Å². The van der Waals surface area contributed by atoms with Crippen LogP contribution in [0.25, 0.3) is 21.5 Å². The molecule has 1 fully saturated rings. The van der Waals surface area contributed by atoms with E-state index in [1.165, 1.54) is 34.7 Å². The minimum Gasteiger partial charge on any atom is -0.300 e. The van der Waals surface area contributed by atoms with E-state index in [1.807, 2.05) is 29.7 Å². The Labute approximate surface area is 141 Å². The fraction of sp³-hybridized carbons (Fsp3) is 0.368. The van der Waals surface area contributed by atoms with Crippen molar-refractivity contribution in [2.45, 2.75) is 32.2 Å². The molecule has 118 valence electrons. The summed E-state index contributed by atoms with van der Waals surface area (Å²) in [6, 6.07) is 13.2. The Morgan fingerprint density at radius 1 is 1.26 bits per heavy atom. The van der Waals surface area contributed by atoms with E-state index in [4.69, 9.17) is 4.98 Å². The molecule has 3 heterocycles. The fourth-order valence-electron chi connectivity index (χ4n) is 3.34. The Kier molecular flexibility index (Phi) is 4.10. The molecule has 1 saturated heterocycles. The van der Waals surface area contributed by atoms with Crippen LogP contribution in [0.3, 0.4) is 0 Å². The summed E-state index contributed by atoms with van der Waals surface area (Å²) in [6.45, 7) is 4.72. The summed E-state index contributed by atoms with van der Waals surface area (Å²) >= 11 is 1.83. The highest BCUT2D eigenvalue weighted by Gasteiger charge is 2.20. The van der Waals surface area contributed by atoms with E-state index in [-0.39, 0.29) is 0 Å². The van der Waals surface area contributed by atoms with E-state index in [0.717, 1.165) is 30.2 Å².